The second-order valence-corrected chi connectivity index (χ2v) is 8.06. The molecule has 2 aromatic heterocycles. The van der Waals surface area contributed by atoms with Gasteiger partial charge in [-0.15, -0.1) is 0 Å². The Morgan fingerprint density at radius 3 is 3.00 bits per heavy atom. The van der Waals surface area contributed by atoms with Crippen LogP contribution in [0, 0.1) is 17.7 Å². The summed E-state index contributed by atoms with van der Waals surface area (Å²) in [6.45, 7) is 2.98. The molecule has 2 unspecified atom stereocenters. The number of hydrogen-bond acceptors (Lipinski definition) is 3. The Bertz CT molecular complexity index is 1110. The van der Waals surface area contributed by atoms with E-state index in [2.05, 4.69) is 33.3 Å². The van der Waals surface area contributed by atoms with Crippen LogP contribution in [0.5, 0.6) is 0 Å². The molecule has 0 bridgehead atoms. The van der Waals surface area contributed by atoms with E-state index in [0.717, 1.165) is 53.9 Å². The van der Waals surface area contributed by atoms with Gasteiger partial charge in [0.25, 0.3) is 0 Å². The van der Waals surface area contributed by atoms with Crippen LogP contribution in [-0.2, 0) is 6.54 Å². The van der Waals surface area contributed by atoms with Crippen LogP contribution >= 0.6 is 0 Å². The van der Waals surface area contributed by atoms with Crippen molar-refractivity contribution in [3.8, 4) is 11.1 Å². The largest absolute Gasteiger partial charge is 0.370 e. The molecule has 0 saturated carbocycles. The Morgan fingerprint density at radius 2 is 2.11 bits per heavy atom. The number of nitrogens with zero attached hydrogens (tertiary/aromatic N) is 2. The highest BCUT2D eigenvalue weighted by Crippen LogP contribution is 2.45. The minimum Gasteiger partial charge on any atom is -0.370 e. The zero-order chi connectivity index (χ0) is 18.1. The number of fused-ring (bicyclic) bond motifs is 3. The molecule has 0 amide bonds. The molecule has 0 radical (unpaired) electrons. The first-order valence-electron chi connectivity index (χ1n) is 9.61. The Balaban J connectivity index is 1.60. The van der Waals surface area contributed by atoms with Crippen molar-refractivity contribution in [2.24, 2.45) is 11.8 Å². The van der Waals surface area contributed by atoms with E-state index in [0.29, 0.717) is 11.8 Å². The SMILES string of the molecule is CN1Cc2c(C3=CC4CNCC4C3)[nH]c3nccc(c23)-c2cc(F)ccc21. The predicted octanol–water partition coefficient (Wildman–Crippen LogP) is 3.94. The number of benzene rings is 1. The number of halogens is 1. The van der Waals surface area contributed by atoms with Gasteiger partial charge in [0.05, 0.1) is 0 Å². The molecule has 1 fully saturated rings. The lowest BCUT2D eigenvalue weighted by atomic mass is 9.97. The second kappa shape index (κ2) is 5.42. The highest BCUT2D eigenvalue weighted by Gasteiger charge is 2.34. The number of anilines is 1. The average Bonchev–Trinajstić information content (AvgIpc) is 3.32. The fraction of sp³-hybridized carbons (Fsp3) is 0.318. The summed E-state index contributed by atoms with van der Waals surface area (Å²) in [4.78, 5) is 10.4. The normalized spacial score (nSPS) is 23.3. The van der Waals surface area contributed by atoms with Crippen LogP contribution in [0.3, 0.4) is 0 Å². The quantitative estimate of drug-likeness (QED) is 0.691. The smallest absolute Gasteiger partial charge is 0.138 e. The van der Waals surface area contributed by atoms with Crippen molar-refractivity contribution in [3.05, 3.63) is 53.6 Å². The van der Waals surface area contributed by atoms with E-state index in [1.807, 2.05) is 18.3 Å². The molecule has 1 saturated heterocycles. The van der Waals surface area contributed by atoms with Crippen molar-refractivity contribution >= 4 is 22.3 Å². The van der Waals surface area contributed by atoms with Crippen LogP contribution in [-0.4, -0.2) is 30.1 Å². The molecule has 2 aliphatic heterocycles. The van der Waals surface area contributed by atoms with E-state index in [-0.39, 0.29) is 5.82 Å². The first kappa shape index (κ1) is 15.4. The number of hydrogen-bond donors (Lipinski definition) is 2. The average molecular weight is 360 g/mol. The van der Waals surface area contributed by atoms with Crippen LogP contribution in [0.2, 0.25) is 0 Å². The van der Waals surface area contributed by atoms with Crippen LogP contribution in [0.15, 0.2) is 36.5 Å². The lowest BCUT2D eigenvalue weighted by Gasteiger charge is -2.20. The Morgan fingerprint density at radius 1 is 1.19 bits per heavy atom. The van der Waals surface area contributed by atoms with Gasteiger partial charge in [0, 0.05) is 54.2 Å². The van der Waals surface area contributed by atoms with Crippen LogP contribution in [0.25, 0.3) is 27.7 Å². The molecule has 3 aliphatic rings. The van der Waals surface area contributed by atoms with Gasteiger partial charge in [-0.25, -0.2) is 9.37 Å². The minimum absolute atomic E-state index is 0.204. The molecular formula is C22H21FN4. The summed E-state index contributed by atoms with van der Waals surface area (Å²) in [5, 5.41) is 4.63. The number of allylic oxidation sites excluding steroid dienone is 1. The number of pyridine rings is 1. The van der Waals surface area contributed by atoms with Crippen molar-refractivity contribution < 1.29 is 4.39 Å². The van der Waals surface area contributed by atoms with Crippen LogP contribution in [0.4, 0.5) is 10.1 Å². The molecule has 1 aliphatic carbocycles. The molecule has 3 aromatic rings. The zero-order valence-corrected chi connectivity index (χ0v) is 15.2. The lowest BCUT2D eigenvalue weighted by molar-refractivity contribution is 0.536. The van der Waals surface area contributed by atoms with Gasteiger partial charge >= 0.3 is 0 Å². The van der Waals surface area contributed by atoms with Crippen molar-refractivity contribution in [3.63, 3.8) is 0 Å². The maximum absolute atomic E-state index is 14.0. The molecule has 6 rings (SSSR count). The van der Waals surface area contributed by atoms with Gasteiger partial charge in [0.2, 0.25) is 0 Å². The monoisotopic (exact) mass is 360 g/mol. The number of aromatic nitrogens is 2. The highest BCUT2D eigenvalue weighted by atomic mass is 19.1. The zero-order valence-electron chi connectivity index (χ0n) is 15.2. The van der Waals surface area contributed by atoms with Crippen molar-refractivity contribution in [1.82, 2.24) is 15.3 Å². The van der Waals surface area contributed by atoms with E-state index in [9.17, 15) is 4.39 Å². The maximum atomic E-state index is 14.0. The summed E-state index contributed by atoms with van der Waals surface area (Å²) in [6, 6.07) is 7.09. The Labute approximate surface area is 157 Å². The Hall–Kier alpha value is -2.66. The van der Waals surface area contributed by atoms with Gasteiger partial charge in [-0.2, -0.15) is 0 Å². The molecule has 27 heavy (non-hydrogen) atoms. The van der Waals surface area contributed by atoms with Crippen LogP contribution < -0.4 is 10.2 Å². The van der Waals surface area contributed by atoms with Gasteiger partial charge in [0.1, 0.15) is 11.5 Å². The number of H-pyrrole nitrogens is 1. The van der Waals surface area contributed by atoms with Crippen molar-refractivity contribution in [1.29, 1.82) is 0 Å². The molecule has 4 heterocycles. The van der Waals surface area contributed by atoms with E-state index in [4.69, 9.17) is 0 Å². The van der Waals surface area contributed by atoms with E-state index in [1.165, 1.54) is 16.8 Å². The lowest BCUT2D eigenvalue weighted by Crippen LogP contribution is -2.16. The molecule has 0 spiro atoms. The predicted molar refractivity (Wildman–Crippen MR) is 106 cm³/mol. The van der Waals surface area contributed by atoms with Crippen molar-refractivity contribution in [2.45, 2.75) is 13.0 Å². The molecular weight excluding hydrogens is 339 g/mol. The van der Waals surface area contributed by atoms with E-state index >= 15 is 0 Å². The standard InChI is InChI=1S/C22H21FN4/c1-27-11-18-20-16(17-8-15(23)2-3-19(17)27)4-5-25-22(20)26-21(18)12-6-13-9-24-10-14(13)7-12/h2-6,8,13-14,24H,7,9-11H2,1H3,(H,25,26). The maximum Gasteiger partial charge on any atom is 0.138 e. The summed E-state index contributed by atoms with van der Waals surface area (Å²) in [6.07, 6.45) is 5.38. The first-order valence-corrected chi connectivity index (χ1v) is 9.61. The second-order valence-electron chi connectivity index (χ2n) is 8.06. The fourth-order valence-electron chi connectivity index (χ4n) is 5.18. The van der Waals surface area contributed by atoms with Gasteiger partial charge < -0.3 is 15.2 Å². The summed E-state index contributed by atoms with van der Waals surface area (Å²) >= 11 is 0. The minimum atomic E-state index is -0.204. The van der Waals surface area contributed by atoms with Gasteiger partial charge in [0.15, 0.2) is 0 Å². The molecule has 2 atom stereocenters. The molecule has 1 aromatic carbocycles. The Kier molecular flexibility index (Phi) is 3.09. The summed E-state index contributed by atoms with van der Waals surface area (Å²) in [7, 11) is 2.08. The summed E-state index contributed by atoms with van der Waals surface area (Å²) in [5.74, 6) is 1.15. The van der Waals surface area contributed by atoms with Crippen molar-refractivity contribution in [2.75, 3.05) is 25.0 Å². The fourth-order valence-corrected chi connectivity index (χ4v) is 5.18. The topological polar surface area (TPSA) is 44.0 Å². The van der Waals surface area contributed by atoms with E-state index in [1.54, 1.807) is 12.1 Å². The van der Waals surface area contributed by atoms with Gasteiger partial charge in [-0.3, -0.25) is 0 Å². The summed E-state index contributed by atoms with van der Waals surface area (Å²) in [5.41, 5.74) is 7.89. The van der Waals surface area contributed by atoms with Gasteiger partial charge in [-0.1, -0.05) is 6.08 Å². The first-order chi connectivity index (χ1) is 13.2. The third-order valence-electron chi connectivity index (χ3n) is 6.46. The number of aromatic amines is 1. The highest BCUT2D eigenvalue weighted by molar-refractivity contribution is 6.02. The molecule has 136 valence electrons. The number of rotatable bonds is 1. The van der Waals surface area contributed by atoms with Gasteiger partial charge in [-0.05, 0) is 60.2 Å². The third-order valence-corrected chi connectivity index (χ3v) is 6.46. The van der Waals surface area contributed by atoms with Crippen LogP contribution in [0.1, 0.15) is 17.7 Å². The molecule has 4 nitrogen and oxygen atoms in total. The molecule has 5 heteroatoms. The number of nitrogens with one attached hydrogen (secondary N) is 2. The third kappa shape index (κ3) is 2.15. The molecule has 2 N–H and O–H groups in total. The summed E-state index contributed by atoms with van der Waals surface area (Å²) < 4.78 is 14.0. The van der Waals surface area contributed by atoms with E-state index < -0.39 is 0 Å².